The van der Waals surface area contributed by atoms with Crippen LogP contribution in [0.25, 0.3) is 5.70 Å². The molecule has 12 heavy (non-hydrogen) atoms. The summed E-state index contributed by atoms with van der Waals surface area (Å²) in [5.41, 5.74) is 7.49. The Balaban J connectivity index is 3.05. The summed E-state index contributed by atoms with van der Waals surface area (Å²) in [4.78, 5) is 4.15. The Hall–Kier alpha value is -1.82. The first-order valence-electron chi connectivity index (χ1n) is 3.53. The van der Waals surface area contributed by atoms with Crippen molar-refractivity contribution in [3.8, 4) is 6.07 Å². The second-order valence-corrected chi connectivity index (χ2v) is 2.39. The van der Waals surface area contributed by atoms with Gasteiger partial charge in [0.2, 0.25) is 0 Å². The first-order chi connectivity index (χ1) is 5.74. The van der Waals surface area contributed by atoms with Crippen molar-refractivity contribution in [3.05, 3.63) is 35.7 Å². The maximum Gasteiger partial charge on any atom is 0.0934 e. The number of hydrogen-bond donors (Lipinski definition) is 1. The van der Waals surface area contributed by atoms with E-state index in [1.807, 2.05) is 25.1 Å². The summed E-state index contributed by atoms with van der Waals surface area (Å²) in [6.45, 7) is 1.88. The minimum absolute atomic E-state index is 0.404. The second kappa shape index (κ2) is 3.54. The number of nitrogens with two attached hydrogens (primary N) is 1. The molecular formula is C9H9N3. The van der Waals surface area contributed by atoms with E-state index in [0.717, 1.165) is 5.69 Å². The van der Waals surface area contributed by atoms with Crippen LogP contribution in [0.2, 0.25) is 0 Å². The molecule has 0 spiro atoms. The van der Waals surface area contributed by atoms with E-state index in [1.165, 1.54) is 6.08 Å². The molecule has 0 aliphatic carbocycles. The highest BCUT2D eigenvalue weighted by Crippen LogP contribution is 2.05. The number of pyridine rings is 1. The Bertz CT molecular complexity index is 347. The van der Waals surface area contributed by atoms with Crippen LogP contribution < -0.4 is 5.73 Å². The number of hydrogen-bond acceptors (Lipinski definition) is 3. The topological polar surface area (TPSA) is 62.7 Å². The highest BCUT2D eigenvalue weighted by atomic mass is 14.8. The lowest BCUT2D eigenvalue weighted by atomic mass is 10.2. The molecule has 0 amide bonds. The molecule has 0 fully saturated rings. The van der Waals surface area contributed by atoms with Crippen LogP contribution in [0.4, 0.5) is 0 Å². The minimum atomic E-state index is 0.404. The fourth-order valence-electron chi connectivity index (χ4n) is 0.847. The lowest BCUT2D eigenvalue weighted by Gasteiger charge is -1.98. The minimum Gasteiger partial charge on any atom is -0.396 e. The molecule has 1 aromatic heterocycles. The number of rotatable bonds is 1. The largest absolute Gasteiger partial charge is 0.396 e. The van der Waals surface area contributed by atoms with Gasteiger partial charge in [0.15, 0.2) is 0 Å². The Morgan fingerprint density at radius 2 is 2.42 bits per heavy atom. The van der Waals surface area contributed by atoms with Crippen molar-refractivity contribution < 1.29 is 0 Å². The van der Waals surface area contributed by atoms with Gasteiger partial charge in [0.25, 0.3) is 0 Å². The molecule has 0 atom stereocenters. The number of aromatic nitrogens is 1. The van der Waals surface area contributed by atoms with Crippen molar-refractivity contribution >= 4 is 5.70 Å². The van der Waals surface area contributed by atoms with Gasteiger partial charge >= 0.3 is 0 Å². The van der Waals surface area contributed by atoms with E-state index in [1.54, 1.807) is 6.07 Å². The smallest absolute Gasteiger partial charge is 0.0934 e. The number of aryl methyl sites for hydroxylation is 1. The molecule has 3 heteroatoms. The molecule has 0 saturated heterocycles. The van der Waals surface area contributed by atoms with E-state index in [4.69, 9.17) is 11.0 Å². The first-order valence-corrected chi connectivity index (χ1v) is 3.53. The molecule has 2 N–H and O–H groups in total. The summed E-state index contributed by atoms with van der Waals surface area (Å²) >= 11 is 0. The van der Waals surface area contributed by atoms with Gasteiger partial charge in [-0.1, -0.05) is 6.07 Å². The maximum atomic E-state index is 8.33. The number of nitriles is 1. The van der Waals surface area contributed by atoms with Gasteiger partial charge < -0.3 is 5.73 Å². The molecule has 60 valence electrons. The van der Waals surface area contributed by atoms with Crippen LogP contribution in [0, 0.1) is 18.3 Å². The van der Waals surface area contributed by atoms with Gasteiger partial charge in [-0.25, -0.2) is 0 Å². The van der Waals surface area contributed by atoms with E-state index < -0.39 is 0 Å². The zero-order chi connectivity index (χ0) is 8.97. The quantitative estimate of drug-likeness (QED) is 0.626. The average molecular weight is 159 g/mol. The summed E-state index contributed by atoms with van der Waals surface area (Å²) in [6, 6.07) is 7.37. The molecule has 0 radical (unpaired) electrons. The van der Waals surface area contributed by atoms with E-state index in [9.17, 15) is 0 Å². The lowest BCUT2D eigenvalue weighted by molar-refractivity contribution is 1.16. The summed E-state index contributed by atoms with van der Waals surface area (Å²) in [5.74, 6) is 0. The van der Waals surface area contributed by atoms with Gasteiger partial charge in [-0.05, 0) is 19.1 Å². The Labute approximate surface area is 71.2 Å². The van der Waals surface area contributed by atoms with Crippen LogP contribution in [-0.4, -0.2) is 4.98 Å². The summed E-state index contributed by atoms with van der Waals surface area (Å²) < 4.78 is 0. The Morgan fingerprint density at radius 1 is 1.67 bits per heavy atom. The number of allylic oxidation sites excluding steroid dienone is 1. The third-order valence-electron chi connectivity index (χ3n) is 1.40. The third kappa shape index (κ3) is 1.83. The molecule has 1 aromatic rings. The van der Waals surface area contributed by atoms with Gasteiger partial charge in [0.05, 0.1) is 17.5 Å². The SMILES string of the molecule is Cc1cccc(/C(N)=C\C#N)n1. The standard InChI is InChI=1S/C9H9N3/c1-7-3-2-4-9(12-7)8(11)5-6-10/h2-5H,11H2,1H3/b8-5+. The summed E-state index contributed by atoms with van der Waals surface area (Å²) in [6.07, 6.45) is 1.28. The Morgan fingerprint density at radius 3 is 3.00 bits per heavy atom. The summed E-state index contributed by atoms with van der Waals surface area (Å²) in [5, 5.41) is 8.33. The maximum absolute atomic E-state index is 8.33. The van der Waals surface area contributed by atoms with Crippen molar-refractivity contribution in [1.82, 2.24) is 4.98 Å². The molecule has 1 heterocycles. The van der Waals surface area contributed by atoms with Gasteiger partial charge in [-0.15, -0.1) is 0 Å². The monoisotopic (exact) mass is 159 g/mol. The predicted molar refractivity (Wildman–Crippen MR) is 46.8 cm³/mol. The zero-order valence-electron chi connectivity index (χ0n) is 6.78. The fraction of sp³-hybridized carbons (Fsp3) is 0.111. The third-order valence-corrected chi connectivity index (χ3v) is 1.40. The van der Waals surface area contributed by atoms with E-state index in [2.05, 4.69) is 4.98 Å². The molecule has 0 aromatic carbocycles. The van der Waals surface area contributed by atoms with Crippen molar-refractivity contribution in [3.63, 3.8) is 0 Å². The molecule has 3 nitrogen and oxygen atoms in total. The molecule has 1 rings (SSSR count). The molecule has 0 aliphatic rings. The normalized spacial score (nSPS) is 10.8. The lowest BCUT2D eigenvalue weighted by Crippen LogP contribution is -1.99. The molecule has 0 saturated carbocycles. The van der Waals surface area contributed by atoms with Crippen LogP contribution >= 0.6 is 0 Å². The van der Waals surface area contributed by atoms with Crippen molar-refractivity contribution in [2.75, 3.05) is 0 Å². The van der Waals surface area contributed by atoms with Crippen molar-refractivity contribution in [1.29, 1.82) is 5.26 Å². The predicted octanol–water partition coefficient (Wildman–Crippen LogP) is 1.21. The highest BCUT2D eigenvalue weighted by molar-refractivity contribution is 5.61. The molecule has 0 aliphatic heterocycles. The van der Waals surface area contributed by atoms with E-state index >= 15 is 0 Å². The van der Waals surface area contributed by atoms with Gasteiger partial charge in [-0.3, -0.25) is 4.98 Å². The van der Waals surface area contributed by atoms with Gasteiger partial charge in [0, 0.05) is 11.8 Å². The van der Waals surface area contributed by atoms with E-state index in [-0.39, 0.29) is 0 Å². The van der Waals surface area contributed by atoms with Crippen molar-refractivity contribution in [2.24, 2.45) is 5.73 Å². The van der Waals surface area contributed by atoms with Crippen LogP contribution in [0.3, 0.4) is 0 Å². The van der Waals surface area contributed by atoms with Crippen LogP contribution in [-0.2, 0) is 0 Å². The molecule has 0 unspecified atom stereocenters. The molecular weight excluding hydrogens is 150 g/mol. The number of nitrogens with zero attached hydrogens (tertiary/aromatic N) is 2. The zero-order valence-corrected chi connectivity index (χ0v) is 6.78. The van der Waals surface area contributed by atoms with Gasteiger partial charge in [-0.2, -0.15) is 5.26 Å². The van der Waals surface area contributed by atoms with Crippen molar-refractivity contribution in [2.45, 2.75) is 6.92 Å². The fourth-order valence-corrected chi connectivity index (χ4v) is 0.847. The molecule has 0 bridgehead atoms. The van der Waals surface area contributed by atoms with E-state index in [0.29, 0.717) is 11.4 Å². The van der Waals surface area contributed by atoms with Crippen LogP contribution in [0.15, 0.2) is 24.3 Å². The first kappa shape index (κ1) is 8.28. The highest BCUT2D eigenvalue weighted by Gasteiger charge is 1.96. The Kier molecular flexibility index (Phi) is 2.44. The summed E-state index contributed by atoms with van der Waals surface area (Å²) in [7, 11) is 0. The van der Waals surface area contributed by atoms with Crippen LogP contribution in [0.1, 0.15) is 11.4 Å². The van der Waals surface area contributed by atoms with Gasteiger partial charge in [0.1, 0.15) is 0 Å². The average Bonchev–Trinajstić information content (AvgIpc) is 2.05. The second-order valence-electron chi connectivity index (χ2n) is 2.39. The van der Waals surface area contributed by atoms with Crippen LogP contribution in [0.5, 0.6) is 0 Å².